The minimum atomic E-state index is -0.217. The number of rotatable bonds is 4. The van der Waals surface area contributed by atoms with E-state index in [0.29, 0.717) is 6.61 Å². The molecule has 0 aliphatic carbocycles. The third-order valence-corrected chi connectivity index (χ3v) is 2.63. The second kappa shape index (κ2) is 5.98. The first-order chi connectivity index (χ1) is 6.79. The van der Waals surface area contributed by atoms with E-state index in [0.717, 1.165) is 25.9 Å². The standard InChI is InChI=1S/C10H19NO3/c1-13-8-9(10(12)14-2)11-6-4-3-5-7-11/h9H,3-8H2,1-2H3. The lowest BCUT2D eigenvalue weighted by atomic mass is 10.1. The fourth-order valence-corrected chi connectivity index (χ4v) is 1.85. The maximum atomic E-state index is 11.5. The predicted octanol–water partition coefficient (Wildman–Crippen LogP) is 0.660. The summed E-state index contributed by atoms with van der Waals surface area (Å²) in [7, 11) is 3.04. The average molecular weight is 201 g/mol. The smallest absolute Gasteiger partial charge is 0.325 e. The van der Waals surface area contributed by atoms with Gasteiger partial charge in [-0.1, -0.05) is 6.42 Å². The van der Waals surface area contributed by atoms with Crippen LogP contribution in [0, 0.1) is 0 Å². The van der Waals surface area contributed by atoms with E-state index in [4.69, 9.17) is 9.47 Å². The number of carbonyl (C=O) groups is 1. The molecule has 0 saturated carbocycles. The van der Waals surface area contributed by atoms with Gasteiger partial charge in [0.2, 0.25) is 0 Å². The number of nitrogens with zero attached hydrogens (tertiary/aromatic N) is 1. The summed E-state index contributed by atoms with van der Waals surface area (Å²) >= 11 is 0. The van der Waals surface area contributed by atoms with Crippen LogP contribution >= 0.6 is 0 Å². The molecule has 1 aliphatic heterocycles. The topological polar surface area (TPSA) is 38.8 Å². The van der Waals surface area contributed by atoms with Gasteiger partial charge >= 0.3 is 5.97 Å². The first kappa shape index (κ1) is 11.5. The van der Waals surface area contributed by atoms with Crippen LogP contribution in [0.2, 0.25) is 0 Å². The van der Waals surface area contributed by atoms with Crippen LogP contribution in [-0.2, 0) is 14.3 Å². The van der Waals surface area contributed by atoms with Gasteiger partial charge in [-0.05, 0) is 25.9 Å². The van der Waals surface area contributed by atoms with Gasteiger partial charge in [0.25, 0.3) is 0 Å². The van der Waals surface area contributed by atoms with Crippen molar-refractivity contribution in [2.45, 2.75) is 25.3 Å². The number of hydrogen-bond acceptors (Lipinski definition) is 4. The summed E-state index contributed by atoms with van der Waals surface area (Å²) in [5.74, 6) is -0.186. The molecular formula is C10H19NO3. The van der Waals surface area contributed by atoms with Crippen molar-refractivity contribution in [2.24, 2.45) is 0 Å². The minimum absolute atomic E-state index is 0.186. The lowest BCUT2D eigenvalue weighted by Gasteiger charge is -2.32. The Morgan fingerprint density at radius 3 is 2.43 bits per heavy atom. The number of carbonyl (C=O) groups excluding carboxylic acids is 1. The zero-order valence-electron chi connectivity index (χ0n) is 8.99. The molecule has 0 aromatic rings. The van der Waals surface area contributed by atoms with E-state index in [1.54, 1.807) is 7.11 Å². The molecule has 1 unspecified atom stereocenters. The van der Waals surface area contributed by atoms with Crippen molar-refractivity contribution in [3.8, 4) is 0 Å². The molecule has 1 atom stereocenters. The van der Waals surface area contributed by atoms with E-state index in [2.05, 4.69) is 4.90 Å². The van der Waals surface area contributed by atoms with Gasteiger partial charge in [-0.25, -0.2) is 0 Å². The van der Waals surface area contributed by atoms with Crippen molar-refractivity contribution in [3.63, 3.8) is 0 Å². The SMILES string of the molecule is COCC(C(=O)OC)N1CCCCC1. The number of hydrogen-bond donors (Lipinski definition) is 0. The number of esters is 1. The molecule has 1 saturated heterocycles. The number of methoxy groups -OCH3 is 2. The Bertz CT molecular complexity index is 178. The molecule has 0 spiro atoms. The molecule has 82 valence electrons. The molecule has 0 radical (unpaired) electrons. The first-order valence-corrected chi connectivity index (χ1v) is 5.10. The Morgan fingerprint density at radius 2 is 1.93 bits per heavy atom. The van der Waals surface area contributed by atoms with E-state index in [-0.39, 0.29) is 12.0 Å². The summed E-state index contributed by atoms with van der Waals surface area (Å²) in [4.78, 5) is 13.6. The van der Waals surface area contributed by atoms with Crippen LogP contribution in [-0.4, -0.2) is 50.8 Å². The quantitative estimate of drug-likeness (QED) is 0.626. The largest absolute Gasteiger partial charge is 0.468 e. The maximum absolute atomic E-state index is 11.5. The van der Waals surface area contributed by atoms with Gasteiger partial charge in [-0.15, -0.1) is 0 Å². The van der Waals surface area contributed by atoms with Gasteiger partial charge in [-0.3, -0.25) is 9.69 Å². The second-order valence-corrected chi connectivity index (χ2v) is 3.59. The van der Waals surface area contributed by atoms with Crippen molar-refractivity contribution in [3.05, 3.63) is 0 Å². The van der Waals surface area contributed by atoms with E-state index >= 15 is 0 Å². The lowest BCUT2D eigenvalue weighted by molar-refractivity contribution is -0.149. The van der Waals surface area contributed by atoms with Crippen molar-refractivity contribution in [2.75, 3.05) is 33.9 Å². The van der Waals surface area contributed by atoms with E-state index in [1.165, 1.54) is 13.5 Å². The molecule has 1 fully saturated rings. The summed E-state index contributed by atoms with van der Waals surface area (Å²) in [6.07, 6.45) is 3.59. The van der Waals surface area contributed by atoms with Crippen LogP contribution in [0.25, 0.3) is 0 Å². The third kappa shape index (κ3) is 2.96. The van der Waals surface area contributed by atoms with E-state index in [9.17, 15) is 4.79 Å². The highest BCUT2D eigenvalue weighted by molar-refractivity contribution is 5.75. The second-order valence-electron chi connectivity index (χ2n) is 3.59. The molecule has 1 rings (SSSR count). The Hall–Kier alpha value is -0.610. The summed E-state index contributed by atoms with van der Waals surface area (Å²) in [6.45, 7) is 2.37. The molecule has 14 heavy (non-hydrogen) atoms. The fourth-order valence-electron chi connectivity index (χ4n) is 1.85. The van der Waals surface area contributed by atoms with Crippen LogP contribution in [0.15, 0.2) is 0 Å². The Morgan fingerprint density at radius 1 is 1.29 bits per heavy atom. The molecule has 0 bridgehead atoms. The predicted molar refractivity (Wildman–Crippen MR) is 53.1 cm³/mol. The average Bonchev–Trinajstić information content (AvgIpc) is 2.26. The van der Waals surface area contributed by atoms with Crippen molar-refractivity contribution in [1.82, 2.24) is 4.90 Å². The Balaban J connectivity index is 2.50. The molecule has 0 N–H and O–H groups in total. The Kier molecular flexibility index (Phi) is 4.90. The van der Waals surface area contributed by atoms with E-state index in [1.807, 2.05) is 0 Å². The van der Waals surface area contributed by atoms with Gasteiger partial charge < -0.3 is 9.47 Å². The molecule has 4 heteroatoms. The third-order valence-electron chi connectivity index (χ3n) is 2.63. The lowest BCUT2D eigenvalue weighted by Crippen LogP contribution is -2.47. The highest BCUT2D eigenvalue weighted by Crippen LogP contribution is 2.13. The monoisotopic (exact) mass is 201 g/mol. The zero-order chi connectivity index (χ0) is 10.4. The van der Waals surface area contributed by atoms with Crippen LogP contribution in [0.4, 0.5) is 0 Å². The molecular weight excluding hydrogens is 182 g/mol. The van der Waals surface area contributed by atoms with Gasteiger partial charge in [0.1, 0.15) is 6.04 Å². The minimum Gasteiger partial charge on any atom is -0.468 e. The summed E-state index contributed by atoms with van der Waals surface area (Å²) < 4.78 is 9.80. The highest BCUT2D eigenvalue weighted by atomic mass is 16.5. The van der Waals surface area contributed by atoms with Crippen LogP contribution < -0.4 is 0 Å². The number of likely N-dealkylation sites (tertiary alicyclic amines) is 1. The normalized spacial score (nSPS) is 20.4. The fraction of sp³-hybridized carbons (Fsp3) is 0.900. The number of ether oxygens (including phenoxy) is 2. The van der Waals surface area contributed by atoms with Crippen molar-refractivity contribution in [1.29, 1.82) is 0 Å². The summed E-state index contributed by atoms with van der Waals surface area (Å²) in [5.41, 5.74) is 0. The molecule has 1 heterocycles. The van der Waals surface area contributed by atoms with Crippen molar-refractivity contribution >= 4 is 5.97 Å². The zero-order valence-corrected chi connectivity index (χ0v) is 8.99. The van der Waals surface area contributed by atoms with Gasteiger partial charge in [0.15, 0.2) is 0 Å². The summed E-state index contributed by atoms with van der Waals surface area (Å²) in [5, 5.41) is 0. The van der Waals surface area contributed by atoms with Crippen molar-refractivity contribution < 1.29 is 14.3 Å². The van der Waals surface area contributed by atoms with Crippen LogP contribution in [0.1, 0.15) is 19.3 Å². The Labute approximate surface area is 85.2 Å². The highest BCUT2D eigenvalue weighted by Gasteiger charge is 2.27. The summed E-state index contributed by atoms with van der Waals surface area (Å²) in [6, 6.07) is -0.217. The molecule has 4 nitrogen and oxygen atoms in total. The van der Waals surface area contributed by atoms with Gasteiger partial charge in [-0.2, -0.15) is 0 Å². The van der Waals surface area contributed by atoms with Crippen LogP contribution in [0.3, 0.4) is 0 Å². The molecule has 0 aromatic heterocycles. The van der Waals surface area contributed by atoms with Crippen LogP contribution in [0.5, 0.6) is 0 Å². The first-order valence-electron chi connectivity index (χ1n) is 5.10. The van der Waals surface area contributed by atoms with Gasteiger partial charge in [0.05, 0.1) is 13.7 Å². The van der Waals surface area contributed by atoms with E-state index < -0.39 is 0 Å². The molecule has 0 amide bonds. The van der Waals surface area contributed by atoms with Gasteiger partial charge in [0, 0.05) is 7.11 Å². The molecule has 1 aliphatic rings. The maximum Gasteiger partial charge on any atom is 0.325 e. The number of piperidine rings is 1. The molecule has 0 aromatic carbocycles.